The lowest BCUT2D eigenvalue weighted by molar-refractivity contribution is -0.137. The summed E-state index contributed by atoms with van der Waals surface area (Å²) in [5.41, 5.74) is 3.08. The van der Waals surface area contributed by atoms with E-state index < -0.39 is 11.7 Å². The number of rotatable bonds is 11. The first kappa shape index (κ1) is 30.8. The van der Waals surface area contributed by atoms with Gasteiger partial charge in [0.1, 0.15) is 6.33 Å². The van der Waals surface area contributed by atoms with E-state index in [9.17, 15) is 18.0 Å². The molecule has 0 atom stereocenters. The van der Waals surface area contributed by atoms with Crippen molar-refractivity contribution in [3.63, 3.8) is 0 Å². The monoisotopic (exact) mass is 619 g/mol. The highest BCUT2D eigenvalue weighted by Gasteiger charge is 2.50. The first-order valence-electron chi connectivity index (χ1n) is 15.1. The van der Waals surface area contributed by atoms with Gasteiger partial charge in [-0.05, 0) is 48.9 Å². The third-order valence-corrected chi connectivity index (χ3v) is 8.57. The van der Waals surface area contributed by atoms with Crippen LogP contribution in [0.5, 0.6) is 11.5 Å². The number of anilines is 1. The summed E-state index contributed by atoms with van der Waals surface area (Å²) in [7, 11) is 1.61. The summed E-state index contributed by atoms with van der Waals surface area (Å²) in [6.07, 6.45) is -2.04. The highest BCUT2D eigenvalue weighted by molar-refractivity contribution is 5.95. The number of amides is 1. The minimum atomic E-state index is -4.41. The van der Waals surface area contributed by atoms with E-state index in [4.69, 9.17) is 9.47 Å². The van der Waals surface area contributed by atoms with E-state index in [0.29, 0.717) is 46.0 Å². The molecule has 1 aromatic heterocycles. The van der Waals surface area contributed by atoms with Crippen LogP contribution in [0.15, 0.2) is 67.0 Å². The van der Waals surface area contributed by atoms with Gasteiger partial charge in [-0.25, -0.2) is 9.97 Å². The van der Waals surface area contributed by atoms with E-state index in [1.807, 2.05) is 24.3 Å². The number of halogens is 3. The predicted molar refractivity (Wildman–Crippen MR) is 166 cm³/mol. The number of alkyl halides is 3. The van der Waals surface area contributed by atoms with E-state index in [2.05, 4.69) is 32.0 Å². The van der Waals surface area contributed by atoms with Crippen molar-refractivity contribution in [2.45, 2.75) is 25.9 Å². The molecule has 6 rings (SSSR count). The minimum absolute atomic E-state index is 0.0441. The molecule has 0 aliphatic carbocycles. The molecular weight excluding hydrogens is 583 g/mol. The molecule has 0 radical (unpaired) electrons. The fourth-order valence-electron chi connectivity index (χ4n) is 6.34. The Labute approximate surface area is 260 Å². The Kier molecular flexibility index (Phi) is 8.65. The van der Waals surface area contributed by atoms with Gasteiger partial charge < -0.3 is 24.6 Å². The van der Waals surface area contributed by atoms with E-state index >= 15 is 0 Å². The third kappa shape index (κ3) is 6.89. The summed E-state index contributed by atoms with van der Waals surface area (Å²) in [4.78, 5) is 26.5. The van der Waals surface area contributed by atoms with Gasteiger partial charge in [-0.2, -0.15) is 13.2 Å². The number of nitrogens with zero attached hydrogens (tertiary/aromatic N) is 4. The lowest BCUT2D eigenvalue weighted by Crippen LogP contribution is -2.71. The van der Waals surface area contributed by atoms with Gasteiger partial charge in [0.2, 0.25) is 5.91 Å². The molecule has 3 heterocycles. The second-order valence-corrected chi connectivity index (χ2v) is 12.0. The number of fused-ring (bicyclic) bond motifs is 1. The van der Waals surface area contributed by atoms with Gasteiger partial charge in [0, 0.05) is 60.8 Å². The summed E-state index contributed by atoms with van der Waals surface area (Å²) in [5.74, 6) is 0.907. The first-order valence-corrected chi connectivity index (χ1v) is 15.1. The Balaban J connectivity index is 1.07. The van der Waals surface area contributed by atoms with Crippen LogP contribution in [0.3, 0.4) is 0 Å². The lowest BCUT2D eigenvalue weighted by Gasteiger charge is -2.60. The first-order chi connectivity index (χ1) is 21.6. The molecule has 3 aromatic carbocycles. The summed E-state index contributed by atoms with van der Waals surface area (Å²) in [6, 6.07) is 15.6. The topological polar surface area (TPSA) is 79.8 Å². The van der Waals surface area contributed by atoms with Crippen LogP contribution >= 0.6 is 0 Å². The normalized spacial score (nSPS) is 16.3. The maximum absolute atomic E-state index is 12.8. The standard InChI is InChI=1S/C34H36F3N5O3/c1-3-41-18-33(19-41)20-42(21-33)13-4-14-45-30-16-27-28(17-29(30)44-2)38-22-39-32(27)24-7-11-26(12-8-24)40-31(43)15-23-5-9-25(10-6-23)34(35,36)37/h5-12,16-17,22H,3-4,13-15,18-21H2,1-2H3,(H,40,43). The number of hydrogen-bond donors (Lipinski definition) is 1. The fourth-order valence-corrected chi connectivity index (χ4v) is 6.34. The van der Waals surface area contributed by atoms with Crippen molar-refractivity contribution in [3.8, 4) is 22.8 Å². The molecule has 2 aliphatic rings. The van der Waals surface area contributed by atoms with Crippen molar-refractivity contribution in [1.29, 1.82) is 0 Å². The fraction of sp³-hybridized carbons (Fsp3) is 0.382. The van der Waals surface area contributed by atoms with Crippen LogP contribution in [-0.2, 0) is 17.4 Å². The Bertz CT molecular complexity index is 1650. The highest BCUT2D eigenvalue weighted by Crippen LogP contribution is 2.39. The molecule has 0 saturated carbocycles. The number of likely N-dealkylation sites (tertiary alicyclic amines) is 2. The van der Waals surface area contributed by atoms with Gasteiger partial charge in [0.15, 0.2) is 11.5 Å². The highest BCUT2D eigenvalue weighted by atomic mass is 19.4. The number of carbonyl (C=O) groups is 1. The Hall–Kier alpha value is -4.22. The third-order valence-electron chi connectivity index (χ3n) is 8.57. The van der Waals surface area contributed by atoms with E-state index in [1.165, 1.54) is 44.6 Å². The average molecular weight is 620 g/mol. The van der Waals surface area contributed by atoms with Crippen molar-refractivity contribution in [3.05, 3.63) is 78.1 Å². The zero-order chi connectivity index (χ0) is 31.6. The SMILES string of the molecule is CCN1CC2(C1)CN(CCCOc1cc3c(-c4ccc(NC(=O)Cc5ccc(C(F)(F)F)cc5)cc4)ncnc3cc1OC)C2. The van der Waals surface area contributed by atoms with Gasteiger partial charge in [-0.3, -0.25) is 4.79 Å². The number of carbonyl (C=O) groups excluding carboxylic acids is 1. The molecule has 1 spiro atoms. The van der Waals surface area contributed by atoms with Crippen molar-refractivity contribution >= 4 is 22.5 Å². The van der Waals surface area contributed by atoms with E-state index in [1.54, 1.807) is 19.2 Å². The number of methoxy groups -OCH3 is 1. The van der Waals surface area contributed by atoms with Crippen LogP contribution in [0.4, 0.5) is 18.9 Å². The van der Waals surface area contributed by atoms with Crippen molar-refractivity contribution in [2.75, 3.05) is 58.3 Å². The molecular formula is C34H36F3N5O3. The predicted octanol–water partition coefficient (Wildman–Crippen LogP) is 5.91. The molecule has 236 valence electrons. The molecule has 2 fully saturated rings. The number of aromatic nitrogens is 2. The van der Waals surface area contributed by atoms with Gasteiger partial charge in [-0.15, -0.1) is 0 Å². The van der Waals surface area contributed by atoms with Crippen LogP contribution < -0.4 is 14.8 Å². The maximum atomic E-state index is 12.8. The minimum Gasteiger partial charge on any atom is -0.493 e. The van der Waals surface area contributed by atoms with Crippen LogP contribution in [0.1, 0.15) is 24.5 Å². The summed E-state index contributed by atoms with van der Waals surface area (Å²) < 4.78 is 50.2. The van der Waals surface area contributed by atoms with Gasteiger partial charge in [-0.1, -0.05) is 31.2 Å². The number of nitrogens with one attached hydrogen (secondary N) is 1. The van der Waals surface area contributed by atoms with Crippen LogP contribution in [0.2, 0.25) is 0 Å². The van der Waals surface area contributed by atoms with Crippen molar-refractivity contribution < 1.29 is 27.4 Å². The summed E-state index contributed by atoms with van der Waals surface area (Å²) in [6.45, 7) is 9.71. The molecule has 1 amide bonds. The quantitative estimate of drug-likeness (QED) is 0.209. The molecule has 1 N–H and O–H groups in total. The average Bonchev–Trinajstić information content (AvgIpc) is 2.98. The molecule has 11 heteroatoms. The Morgan fingerprint density at radius 1 is 0.956 bits per heavy atom. The molecule has 0 bridgehead atoms. The molecule has 2 saturated heterocycles. The largest absolute Gasteiger partial charge is 0.493 e. The number of benzene rings is 3. The van der Waals surface area contributed by atoms with Gasteiger partial charge >= 0.3 is 6.18 Å². The smallest absolute Gasteiger partial charge is 0.416 e. The molecule has 4 aromatic rings. The van der Waals surface area contributed by atoms with E-state index in [0.717, 1.165) is 42.6 Å². The van der Waals surface area contributed by atoms with E-state index in [-0.39, 0.29) is 12.3 Å². The zero-order valence-corrected chi connectivity index (χ0v) is 25.4. The Morgan fingerprint density at radius 2 is 1.67 bits per heavy atom. The number of ether oxygens (including phenoxy) is 2. The van der Waals surface area contributed by atoms with Gasteiger partial charge in [0.05, 0.1) is 36.9 Å². The second-order valence-electron chi connectivity index (χ2n) is 12.0. The molecule has 0 unspecified atom stereocenters. The van der Waals surface area contributed by atoms with Crippen molar-refractivity contribution in [2.24, 2.45) is 5.41 Å². The summed E-state index contributed by atoms with van der Waals surface area (Å²) in [5, 5.41) is 3.61. The molecule has 2 aliphatic heterocycles. The lowest BCUT2D eigenvalue weighted by atomic mass is 9.73. The molecule has 45 heavy (non-hydrogen) atoms. The second kappa shape index (κ2) is 12.6. The van der Waals surface area contributed by atoms with Crippen LogP contribution in [0, 0.1) is 5.41 Å². The summed E-state index contributed by atoms with van der Waals surface area (Å²) >= 11 is 0. The van der Waals surface area contributed by atoms with Crippen LogP contribution in [-0.4, -0.2) is 78.7 Å². The maximum Gasteiger partial charge on any atom is 0.416 e. The van der Waals surface area contributed by atoms with Crippen molar-refractivity contribution in [1.82, 2.24) is 19.8 Å². The zero-order valence-electron chi connectivity index (χ0n) is 25.4. The van der Waals surface area contributed by atoms with Gasteiger partial charge in [0.25, 0.3) is 0 Å². The molecule has 8 nitrogen and oxygen atoms in total. The van der Waals surface area contributed by atoms with Crippen LogP contribution in [0.25, 0.3) is 22.2 Å². The number of hydrogen-bond acceptors (Lipinski definition) is 7. The Morgan fingerprint density at radius 3 is 2.33 bits per heavy atom.